The van der Waals surface area contributed by atoms with Crippen molar-refractivity contribution in [3.63, 3.8) is 0 Å². The minimum Gasteiger partial charge on any atom is -0.376 e. The van der Waals surface area contributed by atoms with E-state index >= 15 is 0 Å². The molecule has 3 aromatic rings. The van der Waals surface area contributed by atoms with E-state index in [1.807, 2.05) is 49.4 Å². The normalized spacial score (nSPS) is 19.3. The number of aryl methyl sites for hydroxylation is 1. The van der Waals surface area contributed by atoms with Crippen LogP contribution in [0.25, 0.3) is 0 Å². The second-order valence-electron chi connectivity index (χ2n) is 8.93. The summed E-state index contributed by atoms with van der Waals surface area (Å²) in [5.41, 5.74) is 3.33. The summed E-state index contributed by atoms with van der Waals surface area (Å²) in [6, 6.07) is 20.3. The molecule has 7 nitrogen and oxygen atoms in total. The Morgan fingerprint density at radius 3 is 2.61 bits per heavy atom. The molecule has 0 aliphatic carbocycles. The number of halogens is 1. The summed E-state index contributed by atoms with van der Waals surface area (Å²) in [5.74, 6) is -0.877. The predicted molar refractivity (Wildman–Crippen MR) is 137 cm³/mol. The van der Waals surface area contributed by atoms with Crippen molar-refractivity contribution >= 4 is 29.0 Å². The highest BCUT2D eigenvalue weighted by molar-refractivity contribution is 6.20. The second kappa shape index (κ2) is 10.3. The van der Waals surface area contributed by atoms with E-state index in [1.54, 1.807) is 29.2 Å². The highest BCUT2D eigenvalue weighted by Crippen LogP contribution is 2.30. The number of amides is 3. The Balaban J connectivity index is 1.54. The number of carbonyl (C=O) groups excluding carboxylic acids is 2. The summed E-state index contributed by atoms with van der Waals surface area (Å²) >= 11 is 0. The molecular formula is C28H27FN4O3. The number of benzene rings is 3. The molecule has 1 fully saturated rings. The maximum absolute atomic E-state index is 14.9. The third-order valence-corrected chi connectivity index (χ3v) is 6.29. The summed E-state index contributed by atoms with van der Waals surface area (Å²) in [4.78, 5) is 33.0. The first-order chi connectivity index (χ1) is 17.5. The van der Waals surface area contributed by atoms with Gasteiger partial charge >= 0.3 is 6.03 Å². The third-order valence-electron chi connectivity index (χ3n) is 6.29. The lowest BCUT2D eigenvalue weighted by atomic mass is 9.99. The number of urea groups is 1. The number of anilines is 2. The molecule has 36 heavy (non-hydrogen) atoms. The molecule has 184 valence electrons. The van der Waals surface area contributed by atoms with Crippen molar-refractivity contribution in [1.29, 1.82) is 0 Å². The highest BCUT2D eigenvalue weighted by atomic mass is 19.1. The maximum atomic E-state index is 14.9. The Kier molecular flexibility index (Phi) is 6.77. The molecule has 5 rings (SSSR count). The number of hydrogen-bond donors (Lipinski definition) is 2. The van der Waals surface area contributed by atoms with Gasteiger partial charge in [-0.2, -0.15) is 0 Å². The molecule has 0 bridgehead atoms. The molecule has 2 atom stereocenters. The van der Waals surface area contributed by atoms with E-state index in [0.29, 0.717) is 35.8 Å². The van der Waals surface area contributed by atoms with E-state index in [1.165, 1.54) is 6.07 Å². The number of benzodiazepines with no additional fused rings is 1. The molecule has 0 radical (unpaired) electrons. The number of hydrogen-bond acceptors (Lipinski definition) is 4. The van der Waals surface area contributed by atoms with Crippen LogP contribution in [0, 0.1) is 12.7 Å². The van der Waals surface area contributed by atoms with E-state index in [2.05, 4.69) is 15.6 Å². The number of rotatable bonds is 5. The Bertz CT molecular complexity index is 1320. The van der Waals surface area contributed by atoms with Gasteiger partial charge < -0.3 is 20.3 Å². The number of nitrogens with one attached hydrogen (secondary N) is 2. The molecular weight excluding hydrogens is 459 g/mol. The van der Waals surface area contributed by atoms with Crippen molar-refractivity contribution in [3.05, 3.63) is 95.3 Å². The summed E-state index contributed by atoms with van der Waals surface area (Å²) in [6.07, 6.45) is 0.363. The van der Waals surface area contributed by atoms with E-state index in [4.69, 9.17) is 4.74 Å². The fraction of sp³-hybridized carbons (Fsp3) is 0.250. The summed E-state index contributed by atoms with van der Waals surface area (Å²) in [6.45, 7) is 2.88. The van der Waals surface area contributed by atoms with Crippen LogP contribution >= 0.6 is 0 Å². The molecule has 8 heteroatoms. The van der Waals surface area contributed by atoms with E-state index < -0.39 is 23.9 Å². The molecule has 2 heterocycles. The van der Waals surface area contributed by atoms with Crippen molar-refractivity contribution in [3.8, 4) is 0 Å². The quantitative estimate of drug-likeness (QED) is 0.551. The van der Waals surface area contributed by atoms with E-state index in [9.17, 15) is 14.0 Å². The monoisotopic (exact) mass is 486 g/mol. The Hall–Kier alpha value is -4.04. The average Bonchev–Trinajstić information content (AvgIpc) is 3.35. The summed E-state index contributed by atoms with van der Waals surface area (Å²) < 4.78 is 20.7. The zero-order valence-electron chi connectivity index (χ0n) is 19.9. The fourth-order valence-electron chi connectivity index (χ4n) is 4.59. The Morgan fingerprint density at radius 2 is 1.86 bits per heavy atom. The highest BCUT2D eigenvalue weighted by Gasteiger charge is 2.35. The standard InChI is InChI=1S/C28H27FN4O3/c1-18-8-6-9-19(16-18)30-28(35)32-26-27(34)33(17-20-10-7-15-36-20)24-14-5-3-12-22(24)25(31-26)21-11-2-4-13-23(21)29/h2-6,8-9,11-14,16,20,26H,7,10,15,17H2,1H3,(H2,30,32,35)/t20?,26-/m0/s1. The van der Waals surface area contributed by atoms with Crippen LogP contribution in [0.4, 0.5) is 20.6 Å². The van der Waals surface area contributed by atoms with Gasteiger partial charge in [0.1, 0.15) is 5.82 Å². The minimum atomic E-state index is -1.27. The largest absolute Gasteiger partial charge is 0.376 e. The SMILES string of the molecule is Cc1cccc(NC(=O)N[C@@H]2N=C(c3ccccc3F)c3ccccc3N(CC3CCCO3)C2=O)c1. The molecule has 2 N–H and O–H groups in total. The number of carbonyl (C=O) groups is 2. The molecule has 1 unspecified atom stereocenters. The van der Waals surface area contributed by atoms with Crippen LogP contribution in [0.1, 0.15) is 29.5 Å². The molecule has 0 spiro atoms. The van der Waals surface area contributed by atoms with Gasteiger partial charge in [-0.15, -0.1) is 0 Å². The van der Waals surface area contributed by atoms with Gasteiger partial charge in [0.05, 0.1) is 24.0 Å². The molecule has 0 aromatic heterocycles. The van der Waals surface area contributed by atoms with Gasteiger partial charge in [-0.1, -0.05) is 42.5 Å². The predicted octanol–water partition coefficient (Wildman–Crippen LogP) is 4.64. The van der Waals surface area contributed by atoms with Gasteiger partial charge in [-0.05, 0) is 55.7 Å². The van der Waals surface area contributed by atoms with Crippen molar-refractivity contribution in [2.24, 2.45) is 4.99 Å². The van der Waals surface area contributed by atoms with Gasteiger partial charge in [0, 0.05) is 23.4 Å². The Morgan fingerprint density at radius 1 is 1.08 bits per heavy atom. The van der Waals surface area contributed by atoms with Gasteiger partial charge in [0.15, 0.2) is 0 Å². The number of ether oxygens (including phenoxy) is 1. The van der Waals surface area contributed by atoms with Crippen LogP contribution in [0.3, 0.4) is 0 Å². The molecule has 1 saturated heterocycles. The average molecular weight is 487 g/mol. The second-order valence-corrected chi connectivity index (χ2v) is 8.93. The molecule has 3 amide bonds. The van der Waals surface area contributed by atoms with Crippen molar-refractivity contribution in [2.75, 3.05) is 23.4 Å². The number of aliphatic imine (C=N–C) groups is 1. The van der Waals surface area contributed by atoms with E-state index in [0.717, 1.165) is 18.4 Å². The lowest BCUT2D eigenvalue weighted by Gasteiger charge is -2.27. The van der Waals surface area contributed by atoms with Crippen molar-refractivity contribution < 1.29 is 18.7 Å². The lowest BCUT2D eigenvalue weighted by Crippen LogP contribution is -2.50. The third kappa shape index (κ3) is 4.99. The molecule has 2 aliphatic rings. The number of para-hydroxylation sites is 1. The smallest absolute Gasteiger partial charge is 0.321 e. The summed E-state index contributed by atoms with van der Waals surface area (Å²) in [5, 5.41) is 5.45. The van der Waals surface area contributed by atoms with Crippen LogP contribution in [-0.4, -0.2) is 43.1 Å². The van der Waals surface area contributed by atoms with Crippen LogP contribution in [-0.2, 0) is 9.53 Å². The topological polar surface area (TPSA) is 83.0 Å². The first-order valence-corrected chi connectivity index (χ1v) is 12.0. The first-order valence-electron chi connectivity index (χ1n) is 12.0. The van der Waals surface area contributed by atoms with Gasteiger partial charge in [0.2, 0.25) is 6.17 Å². The van der Waals surface area contributed by atoms with Crippen LogP contribution < -0.4 is 15.5 Å². The van der Waals surface area contributed by atoms with Gasteiger partial charge in [-0.3, -0.25) is 4.79 Å². The summed E-state index contributed by atoms with van der Waals surface area (Å²) in [7, 11) is 0. The molecule has 2 aliphatic heterocycles. The fourth-order valence-corrected chi connectivity index (χ4v) is 4.59. The molecule has 0 saturated carbocycles. The van der Waals surface area contributed by atoms with E-state index in [-0.39, 0.29) is 11.7 Å². The van der Waals surface area contributed by atoms with Gasteiger partial charge in [-0.25, -0.2) is 14.2 Å². The number of fused-ring (bicyclic) bond motifs is 1. The van der Waals surface area contributed by atoms with Gasteiger partial charge in [0.25, 0.3) is 5.91 Å². The zero-order chi connectivity index (χ0) is 25.1. The van der Waals surface area contributed by atoms with Crippen LogP contribution in [0.2, 0.25) is 0 Å². The van der Waals surface area contributed by atoms with Crippen molar-refractivity contribution in [2.45, 2.75) is 32.0 Å². The maximum Gasteiger partial charge on any atom is 0.321 e. The van der Waals surface area contributed by atoms with Crippen LogP contribution in [0.5, 0.6) is 0 Å². The minimum absolute atomic E-state index is 0.126. The first kappa shape index (κ1) is 23.7. The Labute approximate surface area is 209 Å². The van der Waals surface area contributed by atoms with Crippen LogP contribution in [0.15, 0.2) is 77.8 Å². The number of nitrogens with zero attached hydrogens (tertiary/aromatic N) is 2. The molecule has 3 aromatic carbocycles. The zero-order valence-corrected chi connectivity index (χ0v) is 19.9. The van der Waals surface area contributed by atoms with Crippen molar-refractivity contribution in [1.82, 2.24) is 5.32 Å². The lowest BCUT2D eigenvalue weighted by molar-refractivity contribution is -0.120.